The normalized spacial score (nSPS) is 15.4. The zero-order chi connectivity index (χ0) is 18.7. The molecule has 26 heavy (non-hydrogen) atoms. The van der Waals surface area contributed by atoms with Crippen molar-refractivity contribution in [1.29, 1.82) is 0 Å². The number of rotatable bonds is 4. The number of aryl methyl sites for hydroxylation is 1. The summed E-state index contributed by atoms with van der Waals surface area (Å²) in [7, 11) is 0. The van der Waals surface area contributed by atoms with Crippen LogP contribution < -0.4 is 4.90 Å². The zero-order valence-electron chi connectivity index (χ0n) is 14.0. The standard InChI is InChI=1S/C16H17F3N4OS2/c1-11-20-21-15(26-11)25-10-14(24)23-7-5-22(6-8-23)13-4-2-3-12(9-13)16(17,18)19/h2-4,9H,5-8,10H2,1H3. The summed E-state index contributed by atoms with van der Waals surface area (Å²) < 4.78 is 39.3. The summed E-state index contributed by atoms with van der Waals surface area (Å²) in [5.41, 5.74) is -0.122. The summed E-state index contributed by atoms with van der Waals surface area (Å²) in [5.74, 6) is 0.296. The molecule has 0 atom stereocenters. The van der Waals surface area contributed by atoms with Gasteiger partial charge >= 0.3 is 6.18 Å². The first kappa shape index (κ1) is 19.0. The van der Waals surface area contributed by atoms with Gasteiger partial charge in [-0.3, -0.25) is 4.79 Å². The second-order valence-corrected chi connectivity index (χ2v) is 8.20. The van der Waals surface area contributed by atoms with Crippen molar-refractivity contribution in [3.63, 3.8) is 0 Å². The first-order valence-corrected chi connectivity index (χ1v) is 9.76. The van der Waals surface area contributed by atoms with E-state index in [1.807, 2.05) is 11.8 Å². The summed E-state index contributed by atoms with van der Waals surface area (Å²) >= 11 is 2.81. The van der Waals surface area contributed by atoms with Gasteiger partial charge in [0.25, 0.3) is 0 Å². The third-order valence-corrected chi connectivity index (χ3v) is 5.95. The van der Waals surface area contributed by atoms with Gasteiger partial charge < -0.3 is 9.80 Å². The van der Waals surface area contributed by atoms with Crippen molar-refractivity contribution in [2.45, 2.75) is 17.4 Å². The van der Waals surface area contributed by atoms with Gasteiger partial charge in [-0.1, -0.05) is 29.2 Å². The first-order valence-electron chi connectivity index (χ1n) is 7.96. The van der Waals surface area contributed by atoms with Crippen molar-refractivity contribution < 1.29 is 18.0 Å². The highest BCUT2D eigenvalue weighted by molar-refractivity contribution is 8.01. The molecule has 2 heterocycles. The molecule has 5 nitrogen and oxygen atoms in total. The number of halogens is 3. The minimum absolute atomic E-state index is 0.00606. The fourth-order valence-electron chi connectivity index (χ4n) is 2.64. The molecule has 1 aromatic carbocycles. The molecule has 0 aliphatic carbocycles. The molecule has 2 aromatic rings. The van der Waals surface area contributed by atoms with E-state index in [1.165, 1.54) is 29.2 Å². The lowest BCUT2D eigenvalue weighted by atomic mass is 10.1. The van der Waals surface area contributed by atoms with Gasteiger partial charge in [0, 0.05) is 31.9 Å². The Kier molecular flexibility index (Phi) is 5.71. The molecular weight excluding hydrogens is 385 g/mol. The van der Waals surface area contributed by atoms with Gasteiger partial charge in [0.2, 0.25) is 5.91 Å². The van der Waals surface area contributed by atoms with Crippen LogP contribution in [-0.4, -0.2) is 52.9 Å². The van der Waals surface area contributed by atoms with Crippen LogP contribution in [0.4, 0.5) is 18.9 Å². The molecule has 1 aromatic heterocycles. The van der Waals surface area contributed by atoms with Gasteiger partial charge in [0.1, 0.15) is 5.01 Å². The van der Waals surface area contributed by atoms with Gasteiger partial charge in [-0.25, -0.2) is 0 Å². The Bertz CT molecular complexity index is 773. The van der Waals surface area contributed by atoms with Gasteiger partial charge in [0.15, 0.2) is 4.34 Å². The van der Waals surface area contributed by atoms with E-state index in [1.54, 1.807) is 11.0 Å². The number of anilines is 1. The van der Waals surface area contributed by atoms with E-state index in [9.17, 15) is 18.0 Å². The average molecular weight is 402 g/mol. The molecule has 0 radical (unpaired) electrons. The predicted molar refractivity (Wildman–Crippen MR) is 95.6 cm³/mol. The molecule has 0 unspecified atom stereocenters. The number of aromatic nitrogens is 2. The Balaban J connectivity index is 1.53. The molecule has 0 saturated carbocycles. The second kappa shape index (κ2) is 7.83. The lowest BCUT2D eigenvalue weighted by Crippen LogP contribution is -2.49. The maximum atomic E-state index is 12.8. The molecule has 0 N–H and O–H groups in total. The molecule has 1 saturated heterocycles. The number of piperazine rings is 1. The number of carbonyl (C=O) groups excluding carboxylic acids is 1. The van der Waals surface area contributed by atoms with Gasteiger partial charge in [-0.15, -0.1) is 10.2 Å². The highest BCUT2D eigenvalue weighted by Gasteiger charge is 2.31. The Morgan fingerprint density at radius 3 is 2.58 bits per heavy atom. The van der Waals surface area contributed by atoms with Gasteiger partial charge in [-0.2, -0.15) is 13.2 Å². The molecular formula is C16H17F3N4OS2. The first-order chi connectivity index (χ1) is 12.3. The number of nitrogens with zero attached hydrogens (tertiary/aromatic N) is 4. The van der Waals surface area contributed by atoms with E-state index in [2.05, 4.69) is 10.2 Å². The van der Waals surface area contributed by atoms with Crippen molar-refractivity contribution in [2.24, 2.45) is 0 Å². The van der Waals surface area contributed by atoms with E-state index >= 15 is 0 Å². The number of hydrogen-bond acceptors (Lipinski definition) is 6. The Labute approximate surface area is 157 Å². The Morgan fingerprint density at radius 2 is 1.96 bits per heavy atom. The fourth-order valence-corrected chi connectivity index (χ4v) is 4.36. The van der Waals surface area contributed by atoms with Crippen LogP contribution in [0, 0.1) is 6.92 Å². The summed E-state index contributed by atoms with van der Waals surface area (Å²) in [6.45, 7) is 3.86. The van der Waals surface area contributed by atoms with E-state index in [0.29, 0.717) is 31.9 Å². The summed E-state index contributed by atoms with van der Waals surface area (Å²) in [6.07, 6.45) is -4.35. The van der Waals surface area contributed by atoms with Crippen LogP contribution in [0.15, 0.2) is 28.6 Å². The maximum Gasteiger partial charge on any atom is 0.416 e. The molecule has 1 fully saturated rings. The van der Waals surface area contributed by atoms with Crippen molar-refractivity contribution in [2.75, 3.05) is 36.8 Å². The molecule has 0 spiro atoms. The highest BCUT2D eigenvalue weighted by Crippen LogP contribution is 2.32. The van der Waals surface area contributed by atoms with Crippen LogP contribution in [0.25, 0.3) is 0 Å². The molecule has 1 amide bonds. The molecule has 1 aliphatic heterocycles. The van der Waals surface area contributed by atoms with E-state index < -0.39 is 11.7 Å². The summed E-state index contributed by atoms with van der Waals surface area (Å²) in [6, 6.07) is 5.30. The second-order valence-electron chi connectivity index (χ2n) is 5.79. The van der Waals surface area contributed by atoms with Crippen LogP contribution >= 0.6 is 23.1 Å². The molecule has 0 bridgehead atoms. The van der Waals surface area contributed by atoms with Crippen LogP contribution in [0.1, 0.15) is 10.6 Å². The predicted octanol–water partition coefficient (Wildman–Crippen LogP) is 3.31. The largest absolute Gasteiger partial charge is 0.416 e. The third kappa shape index (κ3) is 4.67. The summed E-state index contributed by atoms with van der Waals surface area (Å²) in [5, 5.41) is 8.74. The number of alkyl halides is 3. The number of amides is 1. The van der Waals surface area contributed by atoms with Crippen molar-refractivity contribution in [1.82, 2.24) is 15.1 Å². The number of carbonyl (C=O) groups is 1. The smallest absolute Gasteiger partial charge is 0.368 e. The number of benzene rings is 1. The quantitative estimate of drug-likeness (QED) is 0.735. The maximum absolute atomic E-state index is 12.8. The Morgan fingerprint density at radius 1 is 1.23 bits per heavy atom. The van der Waals surface area contributed by atoms with Crippen LogP contribution in [-0.2, 0) is 11.0 Å². The van der Waals surface area contributed by atoms with Crippen LogP contribution in [0.2, 0.25) is 0 Å². The molecule has 3 rings (SSSR count). The SMILES string of the molecule is Cc1nnc(SCC(=O)N2CCN(c3cccc(C(F)(F)F)c3)CC2)s1. The van der Waals surface area contributed by atoms with E-state index in [-0.39, 0.29) is 11.7 Å². The fraction of sp³-hybridized carbons (Fsp3) is 0.438. The van der Waals surface area contributed by atoms with Crippen molar-refractivity contribution in [3.8, 4) is 0 Å². The van der Waals surface area contributed by atoms with Gasteiger partial charge in [-0.05, 0) is 25.1 Å². The molecule has 10 heteroatoms. The lowest BCUT2D eigenvalue weighted by molar-refractivity contribution is -0.137. The van der Waals surface area contributed by atoms with Gasteiger partial charge in [0.05, 0.1) is 11.3 Å². The monoisotopic (exact) mass is 402 g/mol. The van der Waals surface area contributed by atoms with E-state index in [4.69, 9.17) is 0 Å². The Hall–Kier alpha value is -1.81. The highest BCUT2D eigenvalue weighted by atomic mass is 32.2. The third-order valence-electron chi connectivity index (χ3n) is 4.00. The van der Waals surface area contributed by atoms with Crippen molar-refractivity contribution in [3.05, 3.63) is 34.8 Å². The molecule has 140 valence electrons. The number of hydrogen-bond donors (Lipinski definition) is 0. The van der Waals surface area contributed by atoms with Crippen LogP contribution in [0.3, 0.4) is 0 Å². The van der Waals surface area contributed by atoms with Crippen molar-refractivity contribution >= 4 is 34.7 Å². The minimum atomic E-state index is -4.35. The minimum Gasteiger partial charge on any atom is -0.368 e. The lowest BCUT2D eigenvalue weighted by Gasteiger charge is -2.36. The number of thioether (sulfide) groups is 1. The topological polar surface area (TPSA) is 49.3 Å². The van der Waals surface area contributed by atoms with Crippen LogP contribution in [0.5, 0.6) is 0 Å². The summed E-state index contributed by atoms with van der Waals surface area (Å²) in [4.78, 5) is 15.9. The zero-order valence-corrected chi connectivity index (χ0v) is 15.6. The van der Waals surface area contributed by atoms with E-state index in [0.717, 1.165) is 21.5 Å². The average Bonchev–Trinajstić information content (AvgIpc) is 3.04. The molecule has 1 aliphatic rings.